The molecule has 2 N–H and O–H groups in total. The monoisotopic (exact) mass is 268 g/mol. The zero-order chi connectivity index (χ0) is 13.2. The molecule has 0 bridgehead atoms. The van der Waals surface area contributed by atoms with Crippen LogP contribution in [0.25, 0.3) is 0 Å². The van der Waals surface area contributed by atoms with Gasteiger partial charge < -0.3 is 10.6 Å². The standard InChI is InChI=1S/C12H16N2O3S/c13-11(8-10-4-2-1-3-5-10)12(15)14-6-7-18(16,17)9-14/h1-5,11H,6-9,13H2/t11-/m0/s1. The zero-order valence-electron chi connectivity index (χ0n) is 9.95. The average molecular weight is 268 g/mol. The minimum atomic E-state index is -3.10. The van der Waals surface area contributed by atoms with Crippen LogP contribution in [0.1, 0.15) is 5.56 Å². The third-order valence-corrected chi connectivity index (χ3v) is 4.46. The maximum absolute atomic E-state index is 12.0. The van der Waals surface area contributed by atoms with Gasteiger partial charge in [0.15, 0.2) is 9.84 Å². The van der Waals surface area contributed by atoms with Gasteiger partial charge in [-0.2, -0.15) is 0 Å². The smallest absolute Gasteiger partial charge is 0.240 e. The van der Waals surface area contributed by atoms with Gasteiger partial charge in [0.05, 0.1) is 11.8 Å². The van der Waals surface area contributed by atoms with Crippen LogP contribution < -0.4 is 5.73 Å². The number of sulfone groups is 1. The number of carbonyl (C=O) groups excluding carboxylic acids is 1. The molecule has 0 radical (unpaired) electrons. The molecule has 1 saturated heterocycles. The van der Waals surface area contributed by atoms with E-state index in [1.54, 1.807) is 0 Å². The second-order valence-corrected chi connectivity index (χ2v) is 6.63. The number of amides is 1. The molecule has 0 spiro atoms. The Morgan fingerprint density at radius 1 is 1.33 bits per heavy atom. The highest BCUT2D eigenvalue weighted by atomic mass is 32.2. The van der Waals surface area contributed by atoms with E-state index in [2.05, 4.69) is 0 Å². The van der Waals surface area contributed by atoms with Crippen molar-refractivity contribution < 1.29 is 13.2 Å². The van der Waals surface area contributed by atoms with Crippen LogP contribution in [-0.4, -0.2) is 43.4 Å². The molecule has 0 saturated carbocycles. The normalized spacial score (nSPS) is 19.7. The van der Waals surface area contributed by atoms with E-state index in [4.69, 9.17) is 5.73 Å². The number of hydrogen-bond acceptors (Lipinski definition) is 4. The number of hydrogen-bond donors (Lipinski definition) is 1. The molecule has 1 atom stereocenters. The first-order valence-electron chi connectivity index (χ1n) is 5.77. The van der Waals surface area contributed by atoms with Gasteiger partial charge in [-0.1, -0.05) is 30.3 Å². The Morgan fingerprint density at radius 3 is 2.56 bits per heavy atom. The molecule has 1 heterocycles. The van der Waals surface area contributed by atoms with Crippen LogP contribution in [-0.2, 0) is 21.1 Å². The van der Waals surface area contributed by atoms with Crippen LogP contribution in [0.2, 0.25) is 0 Å². The van der Waals surface area contributed by atoms with Gasteiger partial charge in [-0.3, -0.25) is 4.79 Å². The van der Waals surface area contributed by atoms with Crippen molar-refractivity contribution in [3.8, 4) is 0 Å². The van der Waals surface area contributed by atoms with E-state index in [9.17, 15) is 13.2 Å². The first-order valence-corrected chi connectivity index (χ1v) is 7.59. The Morgan fingerprint density at radius 2 is 2.00 bits per heavy atom. The van der Waals surface area contributed by atoms with Gasteiger partial charge in [0, 0.05) is 6.54 Å². The van der Waals surface area contributed by atoms with E-state index in [1.807, 2.05) is 30.3 Å². The third-order valence-electron chi connectivity index (χ3n) is 2.95. The summed E-state index contributed by atoms with van der Waals surface area (Å²) in [6.07, 6.45) is 0.427. The molecular weight excluding hydrogens is 252 g/mol. The predicted octanol–water partition coefficient (Wildman–Crippen LogP) is -0.229. The second-order valence-electron chi connectivity index (χ2n) is 4.47. The van der Waals surface area contributed by atoms with E-state index < -0.39 is 15.9 Å². The van der Waals surface area contributed by atoms with Crippen LogP contribution in [0.3, 0.4) is 0 Å². The minimum absolute atomic E-state index is 0.0385. The van der Waals surface area contributed by atoms with Crippen molar-refractivity contribution in [2.75, 3.05) is 18.2 Å². The number of nitrogens with two attached hydrogens (primary N) is 1. The Bertz CT molecular complexity index is 528. The predicted molar refractivity (Wildman–Crippen MR) is 68.5 cm³/mol. The van der Waals surface area contributed by atoms with Crippen LogP contribution in [0.5, 0.6) is 0 Å². The first-order chi connectivity index (χ1) is 8.48. The molecule has 98 valence electrons. The quantitative estimate of drug-likeness (QED) is 0.821. The van der Waals surface area contributed by atoms with Gasteiger partial charge in [-0.15, -0.1) is 0 Å². The lowest BCUT2D eigenvalue weighted by Gasteiger charge is -2.19. The summed E-state index contributed by atoms with van der Waals surface area (Å²) in [5, 5.41) is 0. The van der Waals surface area contributed by atoms with Gasteiger partial charge in [0.1, 0.15) is 5.88 Å². The fraction of sp³-hybridized carbons (Fsp3) is 0.417. The molecule has 0 aromatic heterocycles. The minimum Gasteiger partial charge on any atom is -0.326 e. The number of nitrogens with zero attached hydrogens (tertiary/aromatic N) is 1. The lowest BCUT2D eigenvalue weighted by Crippen LogP contribution is -2.44. The topological polar surface area (TPSA) is 80.5 Å². The van der Waals surface area contributed by atoms with Crippen molar-refractivity contribution in [3.63, 3.8) is 0 Å². The molecule has 1 aromatic carbocycles. The summed E-state index contributed by atoms with van der Waals surface area (Å²) in [7, 11) is -3.10. The van der Waals surface area contributed by atoms with Gasteiger partial charge in [0.25, 0.3) is 0 Å². The summed E-state index contributed by atoms with van der Waals surface area (Å²) in [4.78, 5) is 13.3. The van der Waals surface area contributed by atoms with Crippen molar-refractivity contribution in [2.45, 2.75) is 12.5 Å². The molecule has 5 nitrogen and oxygen atoms in total. The highest BCUT2D eigenvalue weighted by Crippen LogP contribution is 2.10. The molecular formula is C12H16N2O3S. The molecule has 1 aliphatic rings. The van der Waals surface area contributed by atoms with Crippen molar-refractivity contribution in [1.29, 1.82) is 0 Å². The van der Waals surface area contributed by atoms with Crippen molar-refractivity contribution >= 4 is 15.7 Å². The van der Waals surface area contributed by atoms with Gasteiger partial charge >= 0.3 is 0 Å². The Hall–Kier alpha value is -1.40. The molecule has 0 aliphatic carbocycles. The molecule has 1 aromatic rings. The number of benzene rings is 1. The molecule has 1 amide bonds. The fourth-order valence-corrected chi connectivity index (χ4v) is 3.34. The summed E-state index contributed by atoms with van der Waals surface area (Å²) in [6.45, 7) is 0.254. The van der Waals surface area contributed by atoms with E-state index in [-0.39, 0.29) is 24.1 Å². The van der Waals surface area contributed by atoms with Gasteiger partial charge in [-0.05, 0) is 12.0 Å². The molecule has 18 heavy (non-hydrogen) atoms. The lowest BCUT2D eigenvalue weighted by molar-refractivity contribution is -0.131. The lowest BCUT2D eigenvalue weighted by atomic mass is 10.1. The number of rotatable bonds is 3. The fourth-order valence-electron chi connectivity index (χ4n) is 1.98. The van der Waals surface area contributed by atoms with E-state index in [0.717, 1.165) is 5.56 Å². The third kappa shape index (κ3) is 3.08. The van der Waals surface area contributed by atoms with Crippen LogP contribution in [0.4, 0.5) is 0 Å². The number of carbonyl (C=O) groups is 1. The summed E-state index contributed by atoms with van der Waals surface area (Å²) in [5.41, 5.74) is 6.80. The maximum Gasteiger partial charge on any atom is 0.240 e. The summed E-state index contributed by atoms with van der Waals surface area (Å²) in [6, 6.07) is 8.77. The van der Waals surface area contributed by atoms with Crippen LogP contribution >= 0.6 is 0 Å². The largest absolute Gasteiger partial charge is 0.326 e. The van der Waals surface area contributed by atoms with E-state index in [1.165, 1.54) is 4.90 Å². The Balaban J connectivity index is 1.98. The molecule has 2 rings (SSSR count). The SMILES string of the molecule is N[C@@H](Cc1ccccc1)C(=O)N1CCS(=O)(=O)C1. The maximum atomic E-state index is 12.0. The van der Waals surface area contributed by atoms with Crippen molar-refractivity contribution in [1.82, 2.24) is 4.90 Å². The average Bonchev–Trinajstić information content (AvgIpc) is 2.70. The molecule has 1 fully saturated rings. The highest BCUT2D eigenvalue weighted by Gasteiger charge is 2.31. The van der Waals surface area contributed by atoms with Gasteiger partial charge in [-0.25, -0.2) is 8.42 Å². The Kier molecular flexibility index (Phi) is 3.68. The molecule has 1 aliphatic heterocycles. The van der Waals surface area contributed by atoms with Gasteiger partial charge in [0.2, 0.25) is 5.91 Å². The van der Waals surface area contributed by atoms with Crippen LogP contribution in [0.15, 0.2) is 30.3 Å². The summed E-state index contributed by atoms with van der Waals surface area (Å²) >= 11 is 0. The first kappa shape index (κ1) is 13.0. The van der Waals surface area contributed by atoms with Crippen molar-refractivity contribution in [2.24, 2.45) is 5.73 Å². The Labute approximate surface area is 107 Å². The highest BCUT2D eigenvalue weighted by molar-refractivity contribution is 7.91. The summed E-state index contributed by atoms with van der Waals surface area (Å²) in [5.74, 6) is -0.453. The van der Waals surface area contributed by atoms with Crippen LogP contribution in [0, 0.1) is 0 Å². The second kappa shape index (κ2) is 5.07. The summed E-state index contributed by atoms with van der Waals surface area (Å²) < 4.78 is 22.6. The molecule has 6 heteroatoms. The van der Waals surface area contributed by atoms with Crippen molar-refractivity contribution in [3.05, 3.63) is 35.9 Å². The van der Waals surface area contributed by atoms with E-state index >= 15 is 0 Å². The van der Waals surface area contributed by atoms with E-state index in [0.29, 0.717) is 6.42 Å². The zero-order valence-corrected chi connectivity index (χ0v) is 10.8. The molecule has 0 unspecified atom stereocenters.